The van der Waals surface area contributed by atoms with E-state index in [0.717, 1.165) is 18.5 Å². The molecule has 0 aliphatic heterocycles. The van der Waals surface area contributed by atoms with Crippen molar-refractivity contribution in [2.24, 2.45) is 5.84 Å². The fourth-order valence-electron chi connectivity index (χ4n) is 2.00. The third-order valence-corrected chi connectivity index (χ3v) is 2.98. The molecular weight excluding hydrogens is 220 g/mol. The number of nitrogens with zero attached hydrogens (tertiary/aromatic N) is 3. The summed E-state index contributed by atoms with van der Waals surface area (Å²) in [7, 11) is 0. The summed E-state index contributed by atoms with van der Waals surface area (Å²) in [4.78, 5) is 8.56. The van der Waals surface area contributed by atoms with Crippen molar-refractivity contribution in [1.29, 1.82) is 0 Å². The molecular formula is C10H14N6O. The first-order valence-electron chi connectivity index (χ1n) is 5.51. The Bertz CT molecular complexity index is 533. The molecule has 7 heteroatoms. The van der Waals surface area contributed by atoms with Crippen LogP contribution >= 0.6 is 0 Å². The van der Waals surface area contributed by atoms with Gasteiger partial charge in [0.05, 0.1) is 12.3 Å². The lowest BCUT2D eigenvalue weighted by Gasteiger charge is -2.32. The van der Waals surface area contributed by atoms with Crippen molar-refractivity contribution in [2.45, 2.75) is 25.0 Å². The number of aliphatic hydroxyl groups excluding tert-OH is 1. The molecule has 17 heavy (non-hydrogen) atoms. The molecule has 0 amide bonds. The number of nitrogen functional groups attached to an aromatic ring is 1. The largest absolute Gasteiger partial charge is 0.393 e. The van der Waals surface area contributed by atoms with Crippen molar-refractivity contribution in [3.05, 3.63) is 18.6 Å². The Hall–Kier alpha value is -1.86. The topological polar surface area (TPSA) is 100 Å². The van der Waals surface area contributed by atoms with Crippen molar-refractivity contribution in [3.63, 3.8) is 0 Å². The Morgan fingerprint density at radius 3 is 3.00 bits per heavy atom. The highest BCUT2D eigenvalue weighted by Gasteiger charge is 2.28. The van der Waals surface area contributed by atoms with Crippen molar-refractivity contribution >= 4 is 17.3 Å². The lowest BCUT2D eigenvalue weighted by molar-refractivity contribution is 0.0836. The second-order valence-electron chi connectivity index (χ2n) is 4.24. The van der Waals surface area contributed by atoms with E-state index in [9.17, 15) is 5.11 Å². The Kier molecular flexibility index (Phi) is 2.34. The molecule has 1 saturated carbocycles. The SMILES string of the molecule is NNc1cn2ccnc2c(NC2CC(O)C2)n1. The fourth-order valence-corrected chi connectivity index (χ4v) is 2.00. The van der Waals surface area contributed by atoms with Gasteiger partial charge in [-0.2, -0.15) is 0 Å². The number of hydrazine groups is 1. The zero-order valence-corrected chi connectivity index (χ0v) is 9.17. The first-order chi connectivity index (χ1) is 8.26. The normalized spacial score (nSPS) is 23.4. The predicted molar refractivity (Wildman–Crippen MR) is 63.4 cm³/mol. The molecule has 2 heterocycles. The number of rotatable bonds is 3. The molecule has 90 valence electrons. The molecule has 5 N–H and O–H groups in total. The molecule has 1 fully saturated rings. The molecule has 0 spiro atoms. The second-order valence-corrected chi connectivity index (χ2v) is 4.24. The highest BCUT2D eigenvalue weighted by molar-refractivity contribution is 5.65. The van der Waals surface area contributed by atoms with E-state index in [1.807, 2.05) is 10.6 Å². The maximum absolute atomic E-state index is 9.26. The summed E-state index contributed by atoms with van der Waals surface area (Å²) in [5.74, 6) is 6.61. The van der Waals surface area contributed by atoms with Crippen molar-refractivity contribution in [3.8, 4) is 0 Å². The number of hydrogen-bond acceptors (Lipinski definition) is 6. The van der Waals surface area contributed by atoms with Crippen LogP contribution in [0, 0.1) is 0 Å². The molecule has 1 aliphatic carbocycles. The summed E-state index contributed by atoms with van der Waals surface area (Å²) in [5.41, 5.74) is 3.27. The van der Waals surface area contributed by atoms with Crippen LogP contribution in [0.2, 0.25) is 0 Å². The van der Waals surface area contributed by atoms with Crippen molar-refractivity contribution < 1.29 is 5.11 Å². The Morgan fingerprint density at radius 2 is 2.29 bits per heavy atom. The number of fused-ring (bicyclic) bond motifs is 1. The summed E-state index contributed by atoms with van der Waals surface area (Å²) in [6, 6.07) is 0.256. The highest BCUT2D eigenvalue weighted by atomic mass is 16.3. The average molecular weight is 234 g/mol. The van der Waals surface area contributed by atoms with Crippen LogP contribution in [0.5, 0.6) is 0 Å². The lowest BCUT2D eigenvalue weighted by atomic mass is 9.89. The maximum atomic E-state index is 9.26. The zero-order chi connectivity index (χ0) is 11.8. The maximum Gasteiger partial charge on any atom is 0.180 e. The molecule has 1 aliphatic rings. The molecule has 2 aromatic rings. The molecule has 7 nitrogen and oxygen atoms in total. The third-order valence-electron chi connectivity index (χ3n) is 2.98. The van der Waals surface area contributed by atoms with E-state index < -0.39 is 0 Å². The van der Waals surface area contributed by atoms with E-state index in [-0.39, 0.29) is 12.1 Å². The second kappa shape index (κ2) is 3.86. The zero-order valence-electron chi connectivity index (χ0n) is 9.17. The number of hydrogen-bond donors (Lipinski definition) is 4. The number of imidazole rings is 1. The lowest BCUT2D eigenvalue weighted by Crippen LogP contribution is -2.39. The van der Waals surface area contributed by atoms with Gasteiger partial charge in [0.25, 0.3) is 0 Å². The minimum absolute atomic E-state index is 0.195. The van der Waals surface area contributed by atoms with Gasteiger partial charge in [-0.05, 0) is 12.8 Å². The quantitative estimate of drug-likeness (QED) is 0.439. The van der Waals surface area contributed by atoms with Crippen LogP contribution in [-0.2, 0) is 0 Å². The molecule has 0 saturated heterocycles. The van der Waals surface area contributed by atoms with Gasteiger partial charge in [0.15, 0.2) is 17.3 Å². The van der Waals surface area contributed by atoms with Crippen LogP contribution in [-0.4, -0.2) is 31.6 Å². The van der Waals surface area contributed by atoms with E-state index in [1.165, 1.54) is 0 Å². The third kappa shape index (κ3) is 1.79. The number of nitrogens with one attached hydrogen (secondary N) is 2. The van der Waals surface area contributed by atoms with Gasteiger partial charge < -0.3 is 20.2 Å². The van der Waals surface area contributed by atoms with Gasteiger partial charge in [-0.25, -0.2) is 15.8 Å². The summed E-state index contributed by atoms with van der Waals surface area (Å²) in [5, 5.41) is 12.5. The number of aromatic nitrogens is 3. The summed E-state index contributed by atoms with van der Waals surface area (Å²) >= 11 is 0. The monoisotopic (exact) mass is 234 g/mol. The molecule has 2 aromatic heterocycles. The Balaban J connectivity index is 1.93. The first-order valence-corrected chi connectivity index (χ1v) is 5.51. The number of aliphatic hydroxyl groups is 1. The molecule has 0 atom stereocenters. The van der Waals surface area contributed by atoms with E-state index in [4.69, 9.17) is 5.84 Å². The highest BCUT2D eigenvalue weighted by Crippen LogP contribution is 2.25. The minimum Gasteiger partial charge on any atom is -0.393 e. The van der Waals surface area contributed by atoms with Crippen LogP contribution in [0.1, 0.15) is 12.8 Å². The summed E-state index contributed by atoms with van der Waals surface area (Å²) < 4.78 is 1.85. The van der Waals surface area contributed by atoms with Gasteiger partial charge in [0, 0.05) is 18.4 Å². The Labute approximate surface area is 97.6 Å². The average Bonchev–Trinajstić information content (AvgIpc) is 2.74. The van der Waals surface area contributed by atoms with Gasteiger partial charge in [-0.3, -0.25) is 0 Å². The molecule has 0 aromatic carbocycles. The van der Waals surface area contributed by atoms with E-state index in [1.54, 1.807) is 12.4 Å². The van der Waals surface area contributed by atoms with Crippen LogP contribution in [0.25, 0.3) is 5.65 Å². The van der Waals surface area contributed by atoms with E-state index in [0.29, 0.717) is 11.6 Å². The van der Waals surface area contributed by atoms with Gasteiger partial charge in [0.2, 0.25) is 0 Å². The standard InChI is InChI=1S/C10H14N6O/c11-15-8-5-16-2-1-12-10(16)9(14-8)13-6-3-7(17)4-6/h1-2,5-7,15,17H,3-4,11H2,(H,13,14). The summed E-state index contributed by atoms with van der Waals surface area (Å²) in [6.45, 7) is 0. The van der Waals surface area contributed by atoms with Crippen molar-refractivity contribution in [2.75, 3.05) is 10.7 Å². The number of nitrogens with two attached hydrogens (primary N) is 1. The molecule has 0 radical (unpaired) electrons. The smallest absolute Gasteiger partial charge is 0.180 e. The summed E-state index contributed by atoms with van der Waals surface area (Å²) in [6.07, 6.45) is 6.60. The van der Waals surface area contributed by atoms with Crippen LogP contribution in [0.3, 0.4) is 0 Å². The Morgan fingerprint density at radius 1 is 1.47 bits per heavy atom. The van der Waals surface area contributed by atoms with Gasteiger partial charge in [-0.15, -0.1) is 0 Å². The van der Waals surface area contributed by atoms with Crippen LogP contribution < -0.4 is 16.6 Å². The first kappa shape index (κ1) is 10.3. The number of anilines is 2. The van der Waals surface area contributed by atoms with E-state index in [2.05, 4.69) is 20.7 Å². The van der Waals surface area contributed by atoms with Crippen LogP contribution in [0.15, 0.2) is 18.6 Å². The van der Waals surface area contributed by atoms with Crippen LogP contribution in [0.4, 0.5) is 11.6 Å². The predicted octanol–water partition coefficient (Wildman–Crippen LogP) is -0.0499. The molecule has 0 bridgehead atoms. The fraction of sp³-hybridized carbons (Fsp3) is 0.400. The van der Waals surface area contributed by atoms with Gasteiger partial charge in [0.1, 0.15) is 0 Å². The van der Waals surface area contributed by atoms with Gasteiger partial charge >= 0.3 is 0 Å². The molecule has 3 rings (SSSR count). The van der Waals surface area contributed by atoms with Gasteiger partial charge in [-0.1, -0.05) is 0 Å². The van der Waals surface area contributed by atoms with E-state index >= 15 is 0 Å². The minimum atomic E-state index is -0.195. The van der Waals surface area contributed by atoms with Crippen molar-refractivity contribution in [1.82, 2.24) is 14.4 Å². The molecule has 0 unspecified atom stereocenters.